The Bertz CT molecular complexity index is 92.5. The summed E-state index contributed by atoms with van der Waals surface area (Å²) in [7, 11) is 0. The molecule has 3 heteroatoms. The summed E-state index contributed by atoms with van der Waals surface area (Å²) in [4.78, 5) is 0. The number of nitrogens with one attached hydrogen (secondary N) is 2. The average molecular weight is 174 g/mol. The van der Waals surface area contributed by atoms with E-state index in [4.69, 9.17) is 5.11 Å². The van der Waals surface area contributed by atoms with Crippen LogP contribution in [0, 0.1) is 0 Å². The van der Waals surface area contributed by atoms with Gasteiger partial charge in [0.15, 0.2) is 0 Å². The summed E-state index contributed by atoms with van der Waals surface area (Å²) in [6.07, 6.45) is 0.984. The van der Waals surface area contributed by atoms with Crippen LogP contribution in [-0.2, 0) is 0 Å². The summed E-state index contributed by atoms with van der Waals surface area (Å²) in [5.41, 5.74) is 0. The normalized spacial score (nSPS) is 13.8. The minimum Gasteiger partial charge on any atom is -0.395 e. The maximum Gasteiger partial charge on any atom is 0.0584 e. The zero-order chi connectivity index (χ0) is 9.40. The molecular weight excluding hydrogens is 152 g/mol. The molecule has 0 aromatic carbocycles. The Morgan fingerprint density at radius 3 is 2.17 bits per heavy atom. The third-order valence-corrected chi connectivity index (χ3v) is 1.82. The van der Waals surface area contributed by atoms with Crippen molar-refractivity contribution in [2.24, 2.45) is 0 Å². The Kier molecular flexibility index (Phi) is 7.45. The molecule has 0 aromatic heterocycles. The van der Waals surface area contributed by atoms with Gasteiger partial charge in [0.05, 0.1) is 6.61 Å². The summed E-state index contributed by atoms with van der Waals surface area (Å²) in [6, 6.07) is 0.806. The van der Waals surface area contributed by atoms with Crippen LogP contribution >= 0.6 is 0 Å². The zero-order valence-electron chi connectivity index (χ0n) is 8.43. The Balaban J connectivity index is 3.17. The van der Waals surface area contributed by atoms with Crippen molar-refractivity contribution in [2.75, 3.05) is 19.7 Å². The van der Waals surface area contributed by atoms with E-state index >= 15 is 0 Å². The SMILES string of the molecule is CCC(CO)NCCNC(C)C. The van der Waals surface area contributed by atoms with Gasteiger partial charge in [-0.25, -0.2) is 0 Å². The summed E-state index contributed by atoms with van der Waals surface area (Å²) >= 11 is 0. The van der Waals surface area contributed by atoms with Crippen LogP contribution in [0.4, 0.5) is 0 Å². The highest BCUT2D eigenvalue weighted by molar-refractivity contribution is 4.64. The van der Waals surface area contributed by atoms with Gasteiger partial charge in [0.2, 0.25) is 0 Å². The Hall–Kier alpha value is -0.120. The van der Waals surface area contributed by atoms with Crippen LogP contribution in [0.1, 0.15) is 27.2 Å². The van der Waals surface area contributed by atoms with Crippen molar-refractivity contribution in [3.63, 3.8) is 0 Å². The van der Waals surface area contributed by atoms with Crippen LogP contribution in [0.2, 0.25) is 0 Å². The van der Waals surface area contributed by atoms with Crippen molar-refractivity contribution < 1.29 is 5.11 Å². The van der Waals surface area contributed by atoms with Crippen LogP contribution in [-0.4, -0.2) is 36.9 Å². The van der Waals surface area contributed by atoms with Crippen molar-refractivity contribution >= 4 is 0 Å². The van der Waals surface area contributed by atoms with Gasteiger partial charge < -0.3 is 15.7 Å². The summed E-state index contributed by atoms with van der Waals surface area (Å²) in [6.45, 7) is 8.46. The van der Waals surface area contributed by atoms with Gasteiger partial charge in [0.25, 0.3) is 0 Å². The van der Waals surface area contributed by atoms with E-state index in [1.807, 2.05) is 0 Å². The summed E-state index contributed by atoms with van der Waals surface area (Å²) in [5.74, 6) is 0. The van der Waals surface area contributed by atoms with Gasteiger partial charge >= 0.3 is 0 Å². The highest BCUT2D eigenvalue weighted by atomic mass is 16.3. The van der Waals surface area contributed by atoms with E-state index < -0.39 is 0 Å². The zero-order valence-corrected chi connectivity index (χ0v) is 8.43. The van der Waals surface area contributed by atoms with E-state index in [1.165, 1.54) is 0 Å². The van der Waals surface area contributed by atoms with E-state index in [1.54, 1.807) is 0 Å². The lowest BCUT2D eigenvalue weighted by Gasteiger charge is -2.14. The van der Waals surface area contributed by atoms with Crippen LogP contribution in [0.15, 0.2) is 0 Å². The Morgan fingerprint density at radius 1 is 1.17 bits per heavy atom. The number of hydrogen-bond acceptors (Lipinski definition) is 3. The second-order valence-corrected chi connectivity index (χ2v) is 3.35. The van der Waals surface area contributed by atoms with Crippen molar-refractivity contribution in [3.05, 3.63) is 0 Å². The largest absolute Gasteiger partial charge is 0.395 e. The molecule has 0 aliphatic carbocycles. The van der Waals surface area contributed by atoms with Gasteiger partial charge in [-0.05, 0) is 6.42 Å². The fourth-order valence-electron chi connectivity index (χ4n) is 0.975. The standard InChI is InChI=1S/C9H22N2O/c1-4-9(7-12)11-6-5-10-8(2)3/h8-12H,4-7H2,1-3H3. The minimum atomic E-state index is 0.234. The van der Waals surface area contributed by atoms with Gasteiger partial charge in [0, 0.05) is 25.2 Å². The molecule has 0 amide bonds. The smallest absolute Gasteiger partial charge is 0.0584 e. The predicted molar refractivity (Wildman–Crippen MR) is 52.3 cm³/mol. The molecule has 0 saturated carbocycles. The molecule has 1 unspecified atom stereocenters. The molecule has 0 aliphatic rings. The van der Waals surface area contributed by atoms with Crippen molar-refractivity contribution in [1.29, 1.82) is 0 Å². The molecule has 74 valence electrons. The molecule has 0 saturated heterocycles. The van der Waals surface area contributed by atoms with Gasteiger partial charge in [-0.15, -0.1) is 0 Å². The molecule has 3 nitrogen and oxygen atoms in total. The molecule has 0 aromatic rings. The van der Waals surface area contributed by atoms with E-state index in [9.17, 15) is 0 Å². The minimum absolute atomic E-state index is 0.234. The Labute approximate surface area is 75.6 Å². The summed E-state index contributed by atoms with van der Waals surface area (Å²) in [5, 5.41) is 15.4. The third kappa shape index (κ3) is 6.58. The maximum atomic E-state index is 8.85. The first kappa shape index (κ1) is 11.9. The molecule has 0 heterocycles. The fraction of sp³-hybridized carbons (Fsp3) is 1.00. The molecule has 1 atom stereocenters. The molecule has 12 heavy (non-hydrogen) atoms. The monoisotopic (exact) mass is 174 g/mol. The second kappa shape index (κ2) is 7.53. The molecular formula is C9H22N2O. The average Bonchev–Trinajstić information content (AvgIpc) is 2.04. The Morgan fingerprint density at radius 2 is 1.75 bits per heavy atom. The van der Waals surface area contributed by atoms with E-state index in [0.29, 0.717) is 6.04 Å². The number of hydrogen-bond donors (Lipinski definition) is 3. The predicted octanol–water partition coefficient (Wildman–Crippen LogP) is 0.345. The van der Waals surface area contributed by atoms with Gasteiger partial charge in [-0.3, -0.25) is 0 Å². The lowest BCUT2D eigenvalue weighted by molar-refractivity contribution is 0.239. The molecule has 0 rings (SSSR count). The van der Waals surface area contributed by atoms with E-state index in [-0.39, 0.29) is 12.6 Å². The number of aliphatic hydroxyl groups excluding tert-OH is 1. The van der Waals surface area contributed by atoms with Crippen LogP contribution in [0.3, 0.4) is 0 Å². The van der Waals surface area contributed by atoms with Crippen molar-refractivity contribution in [3.8, 4) is 0 Å². The van der Waals surface area contributed by atoms with Crippen LogP contribution in [0.5, 0.6) is 0 Å². The molecule has 0 spiro atoms. The van der Waals surface area contributed by atoms with Crippen molar-refractivity contribution in [2.45, 2.75) is 39.3 Å². The van der Waals surface area contributed by atoms with Gasteiger partial charge in [-0.1, -0.05) is 20.8 Å². The second-order valence-electron chi connectivity index (χ2n) is 3.35. The van der Waals surface area contributed by atoms with Crippen molar-refractivity contribution in [1.82, 2.24) is 10.6 Å². The number of aliphatic hydroxyl groups is 1. The fourth-order valence-corrected chi connectivity index (χ4v) is 0.975. The highest BCUT2D eigenvalue weighted by Gasteiger charge is 2.01. The third-order valence-electron chi connectivity index (χ3n) is 1.82. The first-order chi connectivity index (χ1) is 5.70. The topological polar surface area (TPSA) is 44.3 Å². The van der Waals surface area contributed by atoms with Crippen LogP contribution < -0.4 is 10.6 Å². The number of rotatable bonds is 7. The van der Waals surface area contributed by atoms with Crippen LogP contribution in [0.25, 0.3) is 0 Å². The molecule has 3 N–H and O–H groups in total. The summed E-state index contributed by atoms with van der Waals surface area (Å²) < 4.78 is 0. The molecule has 0 fully saturated rings. The van der Waals surface area contributed by atoms with Gasteiger partial charge in [-0.2, -0.15) is 0 Å². The highest BCUT2D eigenvalue weighted by Crippen LogP contribution is 1.86. The molecule has 0 bridgehead atoms. The maximum absolute atomic E-state index is 8.85. The van der Waals surface area contributed by atoms with E-state index in [2.05, 4.69) is 31.4 Å². The lowest BCUT2D eigenvalue weighted by atomic mass is 10.2. The molecule has 0 aliphatic heterocycles. The first-order valence-electron chi connectivity index (χ1n) is 4.78. The molecule has 0 radical (unpaired) electrons. The quantitative estimate of drug-likeness (QED) is 0.488. The van der Waals surface area contributed by atoms with E-state index in [0.717, 1.165) is 19.5 Å². The lowest BCUT2D eigenvalue weighted by Crippen LogP contribution is -2.38. The van der Waals surface area contributed by atoms with Gasteiger partial charge in [0.1, 0.15) is 0 Å². The first-order valence-corrected chi connectivity index (χ1v) is 4.78.